The lowest BCUT2D eigenvalue weighted by atomic mass is 9.83. The van der Waals surface area contributed by atoms with Crippen LogP contribution in [0.2, 0.25) is 0 Å². The van der Waals surface area contributed by atoms with Crippen LogP contribution in [0, 0.1) is 23.7 Å². The number of carbonyl (C=O) groups excluding carboxylic acids is 2. The van der Waals surface area contributed by atoms with Crippen molar-refractivity contribution in [1.82, 2.24) is 0 Å². The summed E-state index contributed by atoms with van der Waals surface area (Å²) in [4.78, 5) is 24.6. The second-order valence-electron chi connectivity index (χ2n) is 6.04. The SMILES string of the molecule is CCCCOC(=O)C1[C@H]2C=C[C@H](C2)[C@H]1C(=O)OCCCC. The lowest BCUT2D eigenvalue weighted by Gasteiger charge is -2.24. The maximum atomic E-state index is 12.3. The summed E-state index contributed by atoms with van der Waals surface area (Å²) in [7, 11) is 0. The van der Waals surface area contributed by atoms with Gasteiger partial charge in [0.05, 0.1) is 25.0 Å². The Hall–Kier alpha value is -1.32. The topological polar surface area (TPSA) is 52.6 Å². The van der Waals surface area contributed by atoms with Gasteiger partial charge >= 0.3 is 11.9 Å². The average molecular weight is 294 g/mol. The summed E-state index contributed by atoms with van der Waals surface area (Å²) >= 11 is 0. The van der Waals surface area contributed by atoms with Crippen LogP contribution < -0.4 is 0 Å². The first-order valence-electron chi connectivity index (χ1n) is 8.20. The lowest BCUT2D eigenvalue weighted by Crippen LogP contribution is -2.35. The Morgan fingerprint density at radius 1 is 0.905 bits per heavy atom. The van der Waals surface area contributed by atoms with Gasteiger partial charge in [0.2, 0.25) is 0 Å². The second kappa shape index (κ2) is 7.62. The normalized spacial score (nSPS) is 29.6. The number of rotatable bonds is 8. The van der Waals surface area contributed by atoms with E-state index < -0.39 is 0 Å². The molecule has 2 rings (SSSR count). The molecule has 2 aliphatic rings. The molecule has 1 saturated carbocycles. The molecule has 4 nitrogen and oxygen atoms in total. The van der Waals surface area contributed by atoms with Gasteiger partial charge in [-0.05, 0) is 31.1 Å². The van der Waals surface area contributed by atoms with E-state index in [-0.39, 0.29) is 35.6 Å². The van der Waals surface area contributed by atoms with Crippen LogP contribution in [-0.2, 0) is 19.1 Å². The van der Waals surface area contributed by atoms with Crippen LogP contribution in [0.4, 0.5) is 0 Å². The Labute approximate surface area is 126 Å². The highest BCUT2D eigenvalue weighted by molar-refractivity contribution is 5.84. The van der Waals surface area contributed by atoms with E-state index in [9.17, 15) is 9.59 Å². The van der Waals surface area contributed by atoms with Gasteiger partial charge in [0.15, 0.2) is 0 Å². The van der Waals surface area contributed by atoms with Crippen molar-refractivity contribution in [2.24, 2.45) is 23.7 Å². The molecule has 4 heteroatoms. The molecule has 0 spiro atoms. The molecule has 0 aromatic heterocycles. The molecule has 21 heavy (non-hydrogen) atoms. The third-order valence-electron chi connectivity index (χ3n) is 4.49. The van der Waals surface area contributed by atoms with Crippen LogP contribution in [0.1, 0.15) is 46.0 Å². The number of ether oxygens (including phenoxy) is 2. The van der Waals surface area contributed by atoms with Crippen molar-refractivity contribution in [3.63, 3.8) is 0 Å². The number of hydrogen-bond donors (Lipinski definition) is 0. The number of fused-ring (bicyclic) bond motifs is 2. The van der Waals surface area contributed by atoms with Crippen molar-refractivity contribution in [3.8, 4) is 0 Å². The van der Waals surface area contributed by atoms with Crippen molar-refractivity contribution >= 4 is 11.9 Å². The molecule has 0 radical (unpaired) electrons. The smallest absolute Gasteiger partial charge is 0.310 e. The minimum absolute atomic E-state index is 0.146. The van der Waals surface area contributed by atoms with Crippen molar-refractivity contribution in [2.75, 3.05) is 13.2 Å². The highest BCUT2D eigenvalue weighted by Crippen LogP contribution is 2.49. The molecule has 0 amide bonds. The first-order chi connectivity index (χ1) is 10.2. The molecule has 0 aromatic rings. The van der Waals surface area contributed by atoms with Gasteiger partial charge in [0.25, 0.3) is 0 Å². The monoisotopic (exact) mass is 294 g/mol. The van der Waals surface area contributed by atoms with Gasteiger partial charge in [-0.1, -0.05) is 38.8 Å². The van der Waals surface area contributed by atoms with Crippen LogP contribution in [-0.4, -0.2) is 25.2 Å². The maximum absolute atomic E-state index is 12.3. The fourth-order valence-electron chi connectivity index (χ4n) is 3.29. The maximum Gasteiger partial charge on any atom is 0.310 e. The summed E-state index contributed by atoms with van der Waals surface area (Å²) in [6.07, 6.45) is 8.72. The van der Waals surface area contributed by atoms with Crippen LogP contribution in [0.5, 0.6) is 0 Å². The molecular weight excluding hydrogens is 268 g/mol. The van der Waals surface area contributed by atoms with Gasteiger partial charge in [0, 0.05) is 0 Å². The number of allylic oxidation sites excluding steroid dienone is 2. The molecule has 0 aromatic carbocycles. The van der Waals surface area contributed by atoms with E-state index in [4.69, 9.17) is 9.47 Å². The standard InChI is InChI=1S/C17H26O4/c1-3-5-9-20-16(18)14-12-7-8-13(11-12)15(14)17(19)21-10-6-4-2/h7-8,12-15H,3-6,9-11H2,1-2H3/t12-,13+,14-,15?/m1/s1. The molecule has 118 valence electrons. The zero-order valence-corrected chi connectivity index (χ0v) is 13.0. The molecule has 1 fully saturated rings. The highest BCUT2D eigenvalue weighted by Gasteiger charge is 2.52. The van der Waals surface area contributed by atoms with E-state index in [1.54, 1.807) is 0 Å². The van der Waals surface area contributed by atoms with Crippen LogP contribution in [0.15, 0.2) is 12.2 Å². The Kier molecular flexibility index (Phi) is 5.83. The molecule has 2 bridgehead atoms. The average Bonchev–Trinajstić information content (AvgIpc) is 3.08. The van der Waals surface area contributed by atoms with Gasteiger partial charge in [0.1, 0.15) is 0 Å². The zero-order valence-electron chi connectivity index (χ0n) is 13.0. The molecule has 2 aliphatic carbocycles. The van der Waals surface area contributed by atoms with Crippen LogP contribution in [0.25, 0.3) is 0 Å². The molecular formula is C17H26O4. The number of unbranched alkanes of at least 4 members (excludes halogenated alkanes) is 2. The largest absolute Gasteiger partial charge is 0.465 e. The van der Waals surface area contributed by atoms with Gasteiger partial charge in [-0.15, -0.1) is 0 Å². The van der Waals surface area contributed by atoms with E-state index in [2.05, 4.69) is 26.0 Å². The third kappa shape index (κ3) is 3.66. The first kappa shape index (κ1) is 16.1. The predicted molar refractivity (Wildman–Crippen MR) is 79.5 cm³/mol. The van der Waals surface area contributed by atoms with E-state index in [1.807, 2.05) is 0 Å². The summed E-state index contributed by atoms with van der Waals surface area (Å²) in [6.45, 7) is 5.01. The van der Waals surface area contributed by atoms with E-state index in [1.165, 1.54) is 0 Å². The van der Waals surface area contributed by atoms with E-state index >= 15 is 0 Å². The van der Waals surface area contributed by atoms with Crippen molar-refractivity contribution in [3.05, 3.63) is 12.2 Å². The molecule has 0 heterocycles. The summed E-state index contributed by atoms with van der Waals surface area (Å²) in [5.74, 6) is -0.840. The quantitative estimate of drug-likeness (QED) is 0.392. The van der Waals surface area contributed by atoms with Crippen molar-refractivity contribution in [1.29, 1.82) is 0 Å². The molecule has 0 N–H and O–H groups in total. The minimum atomic E-state index is -0.342. The minimum Gasteiger partial charge on any atom is -0.465 e. The zero-order chi connectivity index (χ0) is 15.2. The number of hydrogen-bond acceptors (Lipinski definition) is 4. The Balaban J connectivity index is 1.95. The predicted octanol–water partition coefficient (Wildman–Crippen LogP) is 3.11. The van der Waals surface area contributed by atoms with Crippen LogP contribution in [0.3, 0.4) is 0 Å². The van der Waals surface area contributed by atoms with Crippen molar-refractivity contribution < 1.29 is 19.1 Å². The molecule has 0 saturated heterocycles. The fraction of sp³-hybridized carbons (Fsp3) is 0.765. The highest BCUT2D eigenvalue weighted by atomic mass is 16.5. The van der Waals surface area contributed by atoms with Gasteiger partial charge in [-0.3, -0.25) is 9.59 Å². The molecule has 4 atom stereocenters. The molecule has 0 aliphatic heterocycles. The summed E-state index contributed by atoms with van der Waals surface area (Å²) in [6, 6.07) is 0. The Morgan fingerprint density at radius 3 is 1.71 bits per heavy atom. The summed E-state index contributed by atoms with van der Waals surface area (Å²) in [5, 5.41) is 0. The fourth-order valence-corrected chi connectivity index (χ4v) is 3.29. The van der Waals surface area contributed by atoms with Crippen molar-refractivity contribution in [2.45, 2.75) is 46.0 Å². The number of esters is 2. The van der Waals surface area contributed by atoms with E-state index in [0.29, 0.717) is 13.2 Å². The van der Waals surface area contributed by atoms with Gasteiger partial charge in [-0.25, -0.2) is 0 Å². The first-order valence-corrected chi connectivity index (χ1v) is 8.20. The third-order valence-corrected chi connectivity index (χ3v) is 4.49. The second-order valence-corrected chi connectivity index (χ2v) is 6.04. The van der Waals surface area contributed by atoms with Gasteiger partial charge in [-0.2, -0.15) is 0 Å². The summed E-state index contributed by atoms with van der Waals surface area (Å²) in [5.41, 5.74) is 0. The molecule has 1 unspecified atom stereocenters. The summed E-state index contributed by atoms with van der Waals surface area (Å²) < 4.78 is 10.7. The van der Waals surface area contributed by atoms with Gasteiger partial charge < -0.3 is 9.47 Å². The Morgan fingerprint density at radius 2 is 1.33 bits per heavy atom. The van der Waals surface area contributed by atoms with E-state index in [0.717, 1.165) is 32.1 Å². The number of carbonyl (C=O) groups is 2. The lowest BCUT2D eigenvalue weighted by molar-refractivity contribution is -0.161. The van der Waals surface area contributed by atoms with Crippen LogP contribution >= 0.6 is 0 Å². The Bertz CT molecular complexity index is 366.